The van der Waals surface area contributed by atoms with Crippen molar-refractivity contribution >= 4 is 0 Å². The van der Waals surface area contributed by atoms with Crippen molar-refractivity contribution < 1.29 is 4.74 Å². The molecule has 1 aromatic carbocycles. The highest BCUT2D eigenvalue weighted by Crippen LogP contribution is 2.42. The fourth-order valence-corrected chi connectivity index (χ4v) is 4.31. The Kier molecular flexibility index (Phi) is 4.08. The van der Waals surface area contributed by atoms with Crippen LogP contribution in [-0.4, -0.2) is 37.2 Å². The van der Waals surface area contributed by atoms with Crippen LogP contribution in [0.15, 0.2) is 24.3 Å². The third-order valence-corrected chi connectivity index (χ3v) is 5.65. The summed E-state index contributed by atoms with van der Waals surface area (Å²) in [6, 6.07) is 8.88. The molecule has 2 atom stereocenters. The quantitative estimate of drug-likeness (QED) is 0.929. The lowest BCUT2D eigenvalue weighted by molar-refractivity contribution is -0.0852. The van der Waals surface area contributed by atoms with E-state index in [9.17, 15) is 0 Å². The normalized spacial score (nSPS) is 33.7. The van der Waals surface area contributed by atoms with E-state index in [0.717, 1.165) is 19.5 Å². The predicted molar refractivity (Wildman–Crippen MR) is 86.3 cm³/mol. The van der Waals surface area contributed by atoms with Gasteiger partial charge >= 0.3 is 0 Å². The molecule has 0 saturated carbocycles. The first-order chi connectivity index (χ1) is 10.1. The van der Waals surface area contributed by atoms with Gasteiger partial charge in [0.05, 0.1) is 11.1 Å². The molecule has 2 N–H and O–H groups in total. The Morgan fingerprint density at radius 2 is 2.05 bits per heavy atom. The summed E-state index contributed by atoms with van der Waals surface area (Å²) in [5, 5.41) is 0. The fraction of sp³-hybridized carbons (Fsp3) is 0.667. The second-order valence-electron chi connectivity index (χ2n) is 6.93. The molecule has 1 heterocycles. The Morgan fingerprint density at radius 3 is 2.81 bits per heavy atom. The lowest BCUT2D eigenvalue weighted by atomic mass is 9.74. The summed E-state index contributed by atoms with van der Waals surface area (Å²) in [5.41, 5.74) is 9.25. The summed E-state index contributed by atoms with van der Waals surface area (Å²) < 4.78 is 5.79. The van der Waals surface area contributed by atoms with Gasteiger partial charge in [-0.05, 0) is 56.7 Å². The SMILES string of the molecule is COC1(C)CCCN(C2(CN)CCCc3ccccc32)C1. The van der Waals surface area contributed by atoms with Gasteiger partial charge in [0.15, 0.2) is 0 Å². The number of piperidine rings is 1. The summed E-state index contributed by atoms with van der Waals surface area (Å²) in [6.07, 6.45) is 5.92. The highest BCUT2D eigenvalue weighted by atomic mass is 16.5. The summed E-state index contributed by atoms with van der Waals surface area (Å²) >= 11 is 0. The molecular weight excluding hydrogens is 260 g/mol. The first kappa shape index (κ1) is 15.0. The Labute approximate surface area is 128 Å². The van der Waals surface area contributed by atoms with Crippen LogP contribution in [0.5, 0.6) is 0 Å². The van der Waals surface area contributed by atoms with Gasteiger partial charge in [-0.1, -0.05) is 24.3 Å². The first-order valence-electron chi connectivity index (χ1n) is 8.22. The number of benzene rings is 1. The molecule has 3 heteroatoms. The lowest BCUT2D eigenvalue weighted by Gasteiger charge is -2.52. The van der Waals surface area contributed by atoms with Crippen LogP contribution in [-0.2, 0) is 16.7 Å². The smallest absolute Gasteiger partial charge is 0.0777 e. The third kappa shape index (κ3) is 2.52. The summed E-state index contributed by atoms with van der Waals surface area (Å²) in [4.78, 5) is 2.61. The number of ether oxygens (including phenoxy) is 1. The zero-order chi connectivity index (χ0) is 14.9. The van der Waals surface area contributed by atoms with Crippen LogP contribution in [0.3, 0.4) is 0 Å². The summed E-state index contributed by atoms with van der Waals surface area (Å²) in [5.74, 6) is 0. The highest BCUT2D eigenvalue weighted by Gasteiger charge is 2.44. The van der Waals surface area contributed by atoms with Gasteiger partial charge in [-0.3, -0.25) is 4.90 Å². The molecule has 1 fully saturated rings. The molecule has 116 valence electrons. The molecular formula is C18H28N2O. The zero-order valence-corrected chi connectivity index (χ0v) is 13.4. The molecule has 0 aromatic heterocycles. The fourth-order valence-electron chi connectivity index (χ4n) is 4.31. The molecule has 3 rings (SSSR count). The van der Waals surface area contributed by atoms with Crippen molar-refractivity contribution in [1.82, 2.24) is 4.90 Å². The average molecular weight is 288 g/mol. The predicted octanol–water partition coefficient (Wildman–Crippen LogP) is 2.68. The summed E-state index contributed by atoms with van der Waals surface area (Å²) in [7, 11) is 1.84. The minimum absolute atomic E-state index is 0.00898. The molecule has 0 bridgehead atoms. The van der Waals surface area contributed by atoms with Crippen molar-refractivity contribution in [3.8, 4) is 0 Å². The number of hydrogen-bond donors (Lipinski definition) is 1. The monoisotopic (exact) mass is 288 g/mol. The minimum Gasteiger partial charge on any atom is -0.377 e. The van der Waals surface area contributed by atoms with E-state index in [2.05, 4.69) is 36.1 Å². The van der Waals surface area contributed by atoms with Gasteiger partial charge in [-0.25, -0.2) is 0 Å². The second-order valence-corrected chi connectivity index (χ2v) is 6.93. The second kappa shape index (κ2) is 5.71. The van der Waals surface area contributed by atoms with Gasteiger partial charge in [-0.15, -0.1) is 0 Å². The third-order valence-electron chi connectivity index (χ3n) is 5.65. The van der Waals surface area contributed by atoms with Crippen LogP contribution in [0.25, 0.3) is 0 Å². The minimum atomic E-state index is -0.0349. The average Bonchev–Trinajstić information content (AvgIpc) is 2.54. The number of likely N-dealkylation sites (tertiary alicyclic amines) is 1. The van der Waals surface area contributed by atoms with Crippen LogP contribution in [0, 0.1) is 0 Å². The number of hydrogen-bond acceptors (Lipinski definition) is 3. The van der Waals surface area contributed by atoms with E-state index < -0.39 is 0 Å². The first-order valence-corrected chi connectivity index (χ1v) is 8.22. The number of aryl methyl sites for hydroxylation is 1. The number of methoxy groups -OCH3 is 1. The van der Waals surface area contributed by atoms with E-state index in [4.69, 9.17) is 10.5 Å². The van der Waals surface area contributed by atoms with Gasteiger partial charge in [0.2, 0.25) is 0 Å². The lowest BCUT2D eigenvalue weighted by Crippen LogP contribution is -2.60. The topological polar surface area (TPSA) is 38.5 Å². The Bertz CT molecular complexity index is 504. The van der Waals surface area contributed by atoms with Gasteiger partial charge in [0.25, 0.3) is 0 Å². The van der Waals surface area contributed by atoms with Crippen LogP contribution in [0.1, 0.15) is 43.7 Å². The van der Waals surface area contributed by atoms with Gasteiger partial charge in [0.1, 0.15) is 0 Å². The Hall–Kier alpha value is -0.900. The van der Waals surface area contributed by atoms with Crippen molar-refractivity contribution in [3.63, 3.8) is 0 Å². The standard InChI is InChI=1S/C18H28N2O/c1-17(21-2)10-6-12-20(14-17)18(13-19)11-5-8-15-7-3-4-9-16(15)18/h3-4,7,9H,5-6,8,10-14,19H2,1-2H3. The largest absolute Gasteiger partial charge is 0.377 e. The molecule has 1 aromatic rings. The van der Waals surface area contributed by atoms with Gasteiger partial charge in [-0.2, -0.15) is 0 Å². The summed E-state index contributed by atoms with van der Waals surface area (Å²) in [6.45, 7) is 5.04. The van der Waals surface area contributed by atoms with Crippen molar-refractivity contribution in [2.45, 2.75) is 50.2 Å². The van der Waals surface area contributed by atoms with Gasteiger partial charge in [0, 0.05) is 20.2 Å². The van der Waals surface area contributed by atoms with Crippen molar-refractivity contribution in [2.75, 3.05) is 26.7 Å². The number of rotatable bonds is 3. The van der Waals surface area contributed by atoms with E-state index in [-0.39, 0.29) is 11.1 Å². The van der Waals surface area contributed by atoms with Crippen LogP contribution < -0.4 is 5.73 Å². The molecule has 1 saturated heterocycles. The van der Waals surface area contributed by atoms with Crippen LogP contribution >= 0.6 is 0 Å². The molecule has 0 radical (unpaired) electrons. The maximum atomic E-state index is 6.33. The van der Waals surface area contributed by atoms with Crippen molar-refractivity contribution in [1.29, 1.82) is 0 Å². The number of fused-ring (bicyclic) bond motifs is 1. The van der Waals surface area contributed by atoms with Gasteiger partial charge < -0.3 is 10.5 Å². The van der Waals surface area contributed by atoms with E-state index in [0.29, 0.717) is 6.54 Å². The maximum absolute atomic E-state index is 6.33. The van der Waals surface area contributed by atoms with E-state index in [1.54, 1.807) is 0 Å². The number of nitrogens with two attached hydrogens (primary N) is 1. The molecule has 21 heavy (non-hydrogen) atoms. The molecule has 2 aliphatic rings. The van der Waals surface area contributed by atoms with Crippen LogP contribution in [0.4, 0.5) is 0 Å². The van der Waals surface area contributed by atoms with Crippen LogP contribution in [0.2, 0.25) is 0 Å². The number of nitrogens with zero attached hydrogens (tertiary/aromatic N) is 1. The van der Waals surface area contributed by atoms with E-state index in [1.807, 2.05) is 7.11 Å². The maximum Gasteiger partial charge on any atom is 0.0777 e. The van der Waals surface area contributed by atoms with E-state index in [1.165, 1.54) is 36.8 Å². The molecule has 1 aliphatic carbocycles. The zero-order valence-electron chi connectivity index (χ0n) is 13.4. The molecule has 3 nitrogen and oxygen atoms in total. The molecule has 0 amide bonds. The molecule has 2 unspecified atom stereocenters. The van der Waals surface area contributed by atoms with Crippen molar-refractivity contribution in [2.24, 2.45) is 5.73 Å². The molecule has 1 aliphatic heterocycles. The molecule has 0 spiro atoms. The van der Waals surface area contributed by atoms with Crippen molar-refractivity contribution in [3.05, 3.63) is 35.4 Å². The Morgan fingerprint density at radius 1 is 1.24 bits per heavy atom. The Balaban J connectivity index is 1.98. The van der Waals surface area contributed by atoms with E-state index >= 15 is 0 Å². The highest BCUT2D eigenvalue weighted by molar-refractivity contribution is 5.37.